The minimum absolute atomic E-state index is 0.00480. The summed E-state index contributed by atoms with van der Waals surface area (Å²) in [4.78, 5) is 2.08. The van der Waals surface area contributed by atoms with E-state index in [-0.39, 0.29) is 19.3 Å². The summed E-state index contributed by atoms with van der Waals surface area (Å²) in [6, 6.07) is 8.00. The molecule has 0 saturated heterocycles. The van der Waals surface area contributed by atoms with Crippen LogP contribution in [0.1, 0.15) is 5.56 Å². The molecule has 2 rings (SSSR count). The number of aliphatic hydroxyl groups excluding tert-OH is 2. The maximum Gasteiger partial charge on any atom is 0.0751 e. The van der Waals surface area contributed by atoms with Crippen molar-refractivity contribution >= 4 is 5.69 Å². The molecule has 1 aliphatic rings. The van der Waals surface area contributed by atoms with Crippen LogP contribution in [0.5, 0.6) is 0 Å². The van der Waals surface area contributed by atoms with Crippen molar-refractivity contribution in [1.82, 2.24) is 0 Å². The molecule has 1 aliphatic heterocycles. The summed E-state index contributed by atoms with van der Waals surface area (Å²) in [7, 11) is 0. The van der Waals surface area contributed by atoms with Gasteiger partial charge in [-0.2, -0.15) is 0 Å². The molecule has 3 heteroatoms. The predicted octanol–water partition coefficient (Wildman–Crippen LogP) is 0.402. The van der Waals surface area contributed by atoms with Crippen molar-refractivity contribution in [3.63, 3.8) is 0 Å². The van der Waals surface area contributed by atoms with Gasteiger partial charge in [-0.15, -0.1) is 0 Å². The molecule has 1 aromatic rings. The van der Waals surface area contributed by atoms with E-state index in [1.807, 2.05) is 18.2 Å². The molecular weight excluding hydrogens is 178 g/mol. The summed E-state index contributed by atoms with van der Waals surface area (Å²) in [5, 5.41) is 18.2. The SMILES string of the molecule is OCC(CO)N1CCc2ccccc21. The maximum absolute atomic E-state index is 9.11. The van der Waals surface area contributed by atoms with E-state index in [1.165, 1.54) is 5.56 Å². The Kier molecular flexibility index (Phi) is 2.70. The normalized spacial score (nSPS) is 14.9. The molecule has 0 atom stereocenters. The largest absolute Gasteiger partial charge is 0.394 e. The van der Waals surface area contributed by atoms with E-state index in [0.29, 0.717) is 0 Å². The quantitative estimate of drug-likeness (QED) is 0.730. The number of anilines is 1. The van der Waals surface area contributed by atoms with Crippen LogP contribution in [-0.4, -0.2) is 36.0 Å². The molecule has 0 spiro atoms. The monoisotopic (exact) mass is 193 g/mol. The van der Waals surface area contributed by atoms with E-state index < -0.39 is 0 Å². The fourth-order valence-electron chi connectivity index (χ4n) is 2.00. The second-order valence-corrected chi connectivity index (χ2v) is 3.59. The highest BCUT2D eigenvalue weighted by atomic mass is 16.3. The van der Waals surface area contributed by atoms with Crippen molar-refractivity contribution in [2.24, 2.45) is 0 Å². The summed E-state index contributed by atoms with van der Waals surface area (Å²) < 4.78 is 0. The minimum atomic E-state index is -0.154. The standard InChI is InChI=1S/C11H15NO2/c13-7-10(8-14)12-6-5-9-3-1-2-4-11(9)12/h1-4,10,13-14H,5-8H2. The van der Waals surface area contributed by atoms with E-state index in [1.54, 1.807) is 0 Å². The molecule has 1 aromatic carbocycles. The molecule has 0 unspecified atom stereocenters. The molecule has 0 aliphatic carbocycles. The average molecular weight is 193 g/mol. The van der Waals surface area contributed by atoms with Crippen LogP contribution >= 0.6 is 0 Å². The van der Waals surface area contributed by atoms with Crippen molar-refractivity contribution in [3.05, 3.63) is 29.8 Å². The fourth-order valence-corrected chi connectivity index (χ4v) is 2.00. The third-order valence-corrected chi connectivity index (χ3v) is 2.79. The Bertz CT molecular complexity index is 310. The molecular formula is C11H15NO2. The smallest absolute Gasteiger partial charge is 0.0751 e. The van der Waals surface area contributed by atoms with Gasteiger partial charge in [-0.1, -0.05) is 18.2 Å². The third-order valence-electron chi connectivity index (χ3n) is 2.79. The van der Waals surface area contributed by atoms with Crippen LogP contribution in [-0.2, 0) is 6.42 Å². The summed E-state index contributed by atoms with van der Waals surface area (Å²) >= 11 is 0. The highest BCUT2D eigenvalue weighted by Gasteiger charge is 2.24. The lowest BCUT2D eigenvalue weighted by Crippen LogP contribution is -2.39. The summed E-state index contributed by atoms with van der Waals surface area (Å²) in [6.07, 6.45) is 1.01. The van der Waals surface area contributed by atoms with Gasteiger partial charge in [0, 0.05) is 12.2 Å². The van der Waals surface area contributed by atoms with Gasteiger partial charge in [0.05, 0.1) is 19.3 Å². The highest BCUT2D eigenvalue weighted by Crippen LogP contribution is 2.28. The number of fused-ring (bicyclic) bond motifs is 1. The first kappa shape index (κ1) is 9.49. The number of hydrogen-bond donors (Lipinski definition) is 2. The number of hydrogen-bond acceptors (Lipinski definition) is 3. The Labute approximate surface area is 83.6 Å². The second-order valence-electron chi connectivity index (χ2n) is 3.59. The first-order valence-electron chi connectivity index (χ1n) is 4.93. The van der Waals surface area contributed by atoms with Gasteiger partial charge < -0.3 is 15.1 Å². The molecule has 76 valence electrons. The molecule has 0 bridgehead atoms. The van der Waals surface area contributed by atoms with E-state index in [2.05, 4.69) is 11.0 Å². The third kappa shape index (κ3) is 1.49. The van der Waals surface area contributed by atoms with Gasteiger partial charge in [0.15, 0.2) is 0 Å². The zero-order chi connectivity index (χ0) is 9.97. The molecule has 3 nitrogen and oxygen atoms in total. The van der Waals surface area contributed by atoms with Crippen LogP contribution in [0.2, 0.25) is 0 Å². The minimum Gasteiger partial charge on any atom is -0.394 e. The molecule has 0 saturated carbocycles. The lowest BCUT2D eigenvalue weighted by Gasteiger charge is -2.27. The zero-order valence-corrected chi connectivity index (χ0v) is 8.06. The summed E-state index contributed by atoms with van der Waals surface area (Å²) in [5.74, 6) is 0. The number of benzene rings is 1. The van der Waals surface area contributed by atoms with Crippen molar-refractivity contribution in [3.8, 4) is 0 Å². The van der Waals surface area contributed by atoms with Crippen LogP contribution in [0.25, 0.3) is 0 Å². The Morgan fingerprint density at radius 1 is 1.21 bits per heavy atom. The van der Waals surface area contributed by atoms with Gasteiger partial charge >= 0.3 is 0 Å². The van der Waals surface area contributed by atoms with E-state index >= 15 is 0 Å². The number of rotatable bonds is 3. The number of para-hydroxylation sites is 1. The predicted molar refractivity (Wildman–Crippen MR) is 55.5 cm³/mol. The van der Waals surface area contributed by atoms with Crippen LogP contribution < -0.4 is 4.90 Å². The van der Waals surface area contributed by atoms with Crippen LogP contribution in [0.15, 0.2) is 24.3 Å². The Morgan fingerprint density at radius 2 is 1.93 bits per heavy atom. The van der Waals surface area contributed by atoms with E-state index in [9.17, 15) is 0 Å². The Morgan fingerprint density at radius 3 is 2.64 bits per heavy atom. The van der Waals surface area contributed by atoms with Crippen molar-refractivity contribution < 1.29 is 10.2 Å². The van der Waals surface area contributed by atoms with E-state index in [0.717, 1.165) is 18.7 Å². The van der Waals surface area contributed by atoms with Crippen LogP contribution in [0, 0.1) is 0 Å². The molecule has 0 aromatic heterocycles. The maximum atomic E-state index is 9.11. The van der Waals surface area contributed by atoms with Crippen LogP contribution in [0.3, 0.4) is 0 Å². The molecule has 0 amide bonds. The Hall–Kier alpha value is -1.06. The highest BCUT2D eigenvalue weighted by molar-refractivity contribution is 5.58. The van der Waals surface area contributed by atoms with E-state index in [4.69, 9.17) is 10.2 Å². The lowest BCUT2D eigenvalue weighted by atomic mass is 10.2. The zero-order valence-electron chi connectivity index (χ0n) is 8.06. The first-order valence-corrected chi connectivity index (χ1v) is 4.93. The van der Waals surface area contributed by atoms with Crippen molar-refractivity contribution in [2.45, 2.75) is 12.5 Å². The molecule has 0 radical (unpaired) electrons. The van der Waals surface area contributed by atoms with Crippen molar-refractivity contribution in [1.29, 1.82) is 0 Å². The number of aliphatic hydroxyl groups is 2. The first-order chi connectivity index (χ1) is 6.86. The van der Waals surface area contributed by atoms with Crippen molar-refractivity contribution in [2.75, 3.05) is 24.7 Å². The summed E-state index contributed by atoms with van der Waals surface area (Å²) in [6.45, 7) is 0.904. The van der Waals surface area contributed by atoms with Gasteiger partial charge in [-0.25, -0.2) is 0 Å². The average Bonchev–Trinajstić information content (AvgIpc) is 2.65. The fraction of sp³-hybridized carbons (Fsp3) is 0.455. The Balaban J connectivity index is 2.25. The van der Waals surface area contributed by atoms with Gasteiger partial charge in [0.25, 0.3) is 0 Å². The van der Waals surface area contributed by atoms with Gasteiger partial charge in [0.2, 0.25) is 0 Å². The second kappa shape index (κ2) is 3.98. The molecule has 1 heterocycles. The van der Waals surface area contributed by atoms with Gasteiger partial charge in [-0.3, -0.25) is 0 Å². The number of nitrogens with zero attached hydrogens (tertiary/aromatic N) is 1. The molecule has 2 N–H and O–H groups in total. The summed E-state index contributed by atoms with van der Waals surface area (Å²) in [5.41, 5.74) is 2.46. The lowest BCUT2D eigenvalue weighted by molar-refractivity contribution is 0.189. The van der Waals surface area contributed by atoms with Gasteiger partial charge in [0.1, 0.15) is 0 Å². The molecule has 0 fully saturated rings. The van der Waals surface area contributed by atoms with Gasteiger partial charge in [-0.05, 0) is 18.1 Å². The van der Waals surface area contributed by atoms with Crippen LogP contribution in [0.4, 0.5) is 5.69 Å². The molecule has 14 heavy (non-hydrogen) atoms. The topological polar surface area (TPSA) is 43.7 Å².